The zero-order valence-electron chi connectivity index (χ0n) is 9.94. The van der Waals surface area contributed by atoms with Crippen LogP contribution in [0.4, 0.5) is 0 Å². The first-order valence-corrected chi connectivity index (χ1v) is 5.25. The Labute approximate surface area is 105 Å². The lowest BCUT2D eigenvalue weighted by molar-refractivity contribution is 0.215. The first kappa shape index (κ1) is 13.4. The Bertz CT molecular complexity index is 430. The SMILES string of the molecule is CO/N=C(Cl)/C=C/c1ccc(OC)c(OC)c1. The third-order valence-corrected chi connectivity index (χ3v) is 2.19. The molecular weight excluding hydrogens is 242 g/mol. The van der Waals surface area contributed by atoms with Gasteiger partial charge in [0.1, 0.15) is 7.11 Å². The molecule has 4 nitrogen and oxygen atoms in total. The van der Waals surface area contributed by atoms with Crippen LogP contribution in [0.3, 0.4) is 0 Å². The molecule has 5 heteroatoms. The number of hydrogen-bond acceptors (Lipinski definition) is 4. The van der Waals surface area contributed by atoms with Crippen molar-refractivity contribution in [1.29, 1.82) is 0 Å². The molecule has 0 bridgehead atoms. The molecule has 17 heavy (non-hydrogen) atoms. The third-order valence-electron chi connectivity index (χ3n) is 2.00. The number of oxime groups is 1. The van der Waals surface area contributed by atoms with Gasteiger partial charge < -0.3 is 14.3 Å². The zero-order valence-corrected chi connectivity index (χ0v) is 10.7. The van der Waals surface area contributed by atoms with Crippen molar-refractivity contribution in [3.63, 3.8) is 0 Å². The summed E-state index contributed by atoms with van der Waals surface area (Å²) < 4.78 is 10.3. The van der Waals surface area contributed by atoms with Crippen LogP contribution in [0.1, 0.15) is 5.56 Å². The summed E-state index contributed by atoms with van der Waals surface area (Å²) >= 11 is 5.75. The first-order valence-electron chi connectivity index (χ1n) is 4.88. The second-order valence-electron chi connectivity index (χ2n) is 3.04. The molecule has 1 aromatic rings. The smallest absolute Gasteiger partial charge is 0.168 e. The Hall–Kier alpha value is -1.68. The minimum Gasteiger partial charge on any atom is -0.493 e. The molecule has 0 saturated heterocycles. The normalized spacial score (nSPS) is 11.6. The zero-order chi connectivity index (χ0) is 12.7. The topological polar surface area (TPSA) is 40.0 Å². The van der Waals surface area contributed by atoms with E-state index in [1.54, 1.807) is 26.4 Å². The fraction of sp³-hybridized carbons (Fsp3) is 0.250. The average Bonchev–Trinajstić information content (AvgIpc) is 2.36. The highest BCUT2D eigenvalue weighted by atomic mass is 35.5. The largest absolute Gasteiger partial charge is 0.493 e. The van der Waals surface area contributed by atoms with E-state index in [-0.39, 0.29) is 5.17 Å². The summed E-state index contributed by atoms with van der Waals surface area (Å²) in [5.74, 6) is 1.34. The van der Waals surface area contributed by atoms with E-state index in [1.807, 2.05) is 18.2 Å². The van der Waals surface area contributed by atoms with E-state index < -0.39 is 0 Å². The molecule has 0 aromatic heterocycles. The van der Waals surface area contributed by atoms with Crippen molar-refractivity contribution >= 4 is 22.8 Å². The first-order chi connectivity index (χ1) is 8.21. The van der Waals surface area contributed by atoms with Gasteiger partial charge in [0.25, 0.3) is 0 Å². The number of hydrogen-bond donors (Lipinski definition) is 0. The number of rotatable bonds is 5. The molecule has 0 saturated carbocycles. The summed E-state index contributed by atoms with van der Waals surface area (Å²) in [5.41, 5.74) is 0.923. The van der Waals surface area contributed by atoms with Crippen LogP contribution in [-0.4, -0.2) is 26.5 Å². The summed E-state index contributed by atoms with van der Waals surface area (Å²) in [4.78, 5) is 4.53. The lowest BCUT2D eigenvalue weighted by Crippen LogP contribution is -1.90. The number of allylic oxidation sites excluding steroid dienone is 1. The molecule has 0 spiro atoms. The van der Waals surface area contributed by atoms with Gasteiger partial charge in [-0.05, 0) is 23.8 Å². The molecule has 0 heterocycles. The van der Waals surface area contributed by atoms with Crippen LogP contribution >= 0.6 is 11.6 Å². The van der Waals surface area contributed by atoms with Gasteiger partial charge in [0, 0.05) is 0 Å². The van der Waals surface area contributed by atoms with Crippen LogP contribution in [0.25, 0.3) is 6.08 Å². The fourth-order valence-electron chi connectivity index (χ4n) is 1.24. The molecule has 1 rings (SSSR count). The van der Waals surface area contributed by atoms with Crippen LogP contribution in [0.15, 0.2) is 29.4 Å². The van der Waals surface area contributed by atoms with Crippen molar-refractivity contribution in [2.45, 2.75) is 0 Å². The van der Waals surface area contributed by atoms with Gasteiger partial charge in [-0.25, -0.2) is 0 Å². The Balaban J connectivity index is 2.89. The van der Waals surface area contributed by atoms with Crippen LogP contribution in [0.5, 0.6) is 11.5 Å². The van der Waals surface area contributed by atoms with Gasteiger partial charge >= 0.3 is 0 Å². The van der Waals surface area contributed by atoms with Crippen molar-refractivity contribution in [3.8, 4) is 11.5 Å². The van der Waals surface area contributed by atoms with Gasteiger partial charge in [-0.3, -0.25) is 0 Å². The minimum atomic E-state index is 0.266. The van der Waals surface area contributed by atoms with E-state index in [9.17, 15) is 0 Å². The summed E-state index contributed by atoms with van der Waals surface area (Å²) in [6, 6.07) is 5.54. The quantitative estimate of drug-likeness (QED) is 0.600. The number of nitrogens with zero attached hydrogens (tertiary/aromatic N) is 1. The van der Waals surface area contributed by atoms with E-state index in [4.69, 9.17) is 21.1 Å². The monoisotopic (exact) mass is 255 g/mol. The Morgan fingerprint density at radius 1 is 1.18 bits per heavy atom. The van der Waals surface area contributed by atoms with Crippen molar-refractivity contribution in [2.75, 3.05) is 21.3 Å². The number of methoxy groups -OCH3 is 2. The molecule has 0 fully saturated rings. The van der Waals surface area contributed by atoms with Crippen molar-refractivity contribution in [3.05, 3.63) is 29.8 Å². The van der Waals surface area contributed by atoms with Crippen LogP contribution < -0.4 is 9.47 Å². The Morgan fingerprint density at radius 3 is 2.47 bits per heavy atom. The second kappa shape index (κ2) is 6.81. The van der Waals surface area contributed by atoms with Crippen molar-refractivity contribution in [1.82, 2.24) is 0 Å². The summed E-state index contributed by atoms with van der Waals surface area (Å²) in [7, 11) is 4.62. The van der Waals surface area contributed by atoms with Crippen LogP contribution in [0, 0.1) is 0 Å². The standard InChI is InChI=1S/C12H14ClNO3/c1-15-10-6-4-9(8-11(10)16-2)5-7-12(13)14-17-3/h4-8H,1-3H3/b7-5+,14-12-. The highest BCUT2D eigenvalue weighted by Gasteiger charge is 2.02. The molecule has 0 atom stereocenters. The predicted octanol–water partition coefficient (Wildman–Crippen LogP) is 2.92. The number of ether oxygens (including phenoxy) is 2. The molecule has 0 N–H and O–H groups in total. The summed E-state index contributed by atoms with van der Waals surface area (Å²) in [5, 5.41) is 3.82. The molecule has 0 unspecified atom stereocenters. The Morgan fingerprint density at radius 2 is 1.88 bits per heavy atom. The van der Waals surface area contributed by atoms with Gasteiger partial charge in [0.05, 0.1) is 14.2 Å². The second-order valence-corrected chi connectivity index (χ2v) is 3.43. The molecule has 92 valence electrons. The highest BCUT2D eigenvalue weighted by molar-refractivity contribution is 6.68. The average molecular weight is 256 g/mol. The van der Waals surface area contributed by atoms with Gasteiger partial charge in [-0.15, -0.1) is 0 Å². The third kappa shape index (κ3) is 4.00. The summed E-state index contributed by atoms with van der Waals surface area (Å²) in [6.07, 6.45) is 3.43. The predicted molar refractivity (Wildman–Crippen MR) is 68.9 cm³/mol. The molecule has 0 aliphatic carbocycles. The maximum absolute atomic E-state index is 5.75. The van der Waals surface area contributed by atoms with E-state index in [0.717, 1.165) is 5.56 Å². The minimum absolute atomic E-state index is 0.266. The highest BCUT2D eigenvalue weighted by Crippen LogP contribution is 2.27. The molecular formula is C12H14ClNO3. The summed E-state index contributed by atoms with van der Waals surface area (Å²) in [6.45, 7) is 0. The van der Waals surface area contributed by atoms with Crippen molar-refractivity contribution < 1.29 is 14.3 Å². The number of halogens is 1. The Kier molecular flexibility index (Phi) is 5.36. The lowest BCUT2D eigenvalue weighted by atomic mass is 10.2. The lowest BCUT2D eigenvalue weighted by Gasteiger charge is -2.07. The molecule has 0 aliphatic rings. The van der Waals surface area contributed by atoms with E-state index in [2.05, 4.69) is 9.99 Å². The molecule has 0 amide bonds. The van der Waals surface area contributed by atoms with E-state index in [1.165, 1.54) is 7.11 Å². The maximum Gasteiger partial charge on any atom is 0.168 e. The van der Waals surface area contributed by atoms with E-state index >= 15 is 0 Å². The van der Waals surface area contributed by atoms with E-state index in [0.29, 0.717) is 11.5 Å². The van der Waals surface area contributed by atoms with Crippen molar-refractivity contribution in [2.24, 2.45) is 5.16 Å². The maximum atomic E-state index is 5.75. The van der Waals surface area contributed by atoms with Gasteiger partial charge in [0.15, 0.2) is 16.7 Å². The van der Waals surface area contributed by atoms with Gasteiger partial charge in [0.2, 0.25) is 0 Å². The molecule has 1 aromatic carbocycles. The van der Waals surface area contributed by atoms with Crippen LogP contribution in [0.2, 0.25) is 0 Å². The molecule has 0 radical (unpaired) electrons. The van der Waals surface area contributed by atoms with Gasteiger partial charge in [-0.1, -0.05) is 28.9 Å². The number of benzene rings is 1. The fourth-order valence-corrected chi connectivity index (χ4v) is 1.37. The van der Waals surface area contributed by atoms with Gasteiger partial charge in [-0.2, -0.15) is 0 Å². The van der Waals surface area contributed by atoms with Crippen LogP contribution in [-0.2, 0) is 4.84 Å². The molecule has 0 aliphatic heterocycles.